The zero-order valence-corrected chi connectivity index (χ0v) is 18.4. The van der Waals surface area contributed by atoms with Crippen LogP contribution in [0.2, 0.25) is 5.02 Å². The summed E-state index contributed by atoms with van der Waals surface area (Å²) < 4.78 is 0. The fourth-order valence-electron chi connectivity index (χ4n) is 4.05. The van der Waals surface area contributed by atoms with Gasteiger partial charge in [-0.2, -0.15) is 0 Å². The van der Waals surface area contributed by atoms with Gasteiger partial charge in [-0.3, -0.25) is 14.5 Å². The van der Waals surface area contributed by atoms with Gasteiger partial charge < -0.3 is 10.6 Å². The van der Waals surface area contributed by atoms with Crippen LogP contribution in [0.4, 0.5) is 10.5 Å². The van der Waals surface area contributed by atoms with Gasteiger partial charge in [0.2, 0.25) is 5.91 Å². The van der Waals surface area contributed by atoms with E-state index in [9.17, 15) is 14.4 Å². The lowest BCUT2D eigenvalue weighted by atomic mass is 9.82. The Bertz CT molecular complexity index is 1130. The van der Waals surface area contributed by atoms with E-state index in [4.69, 9.17) is 11.6 Å². The summed E-state index contributed by atoms with van der Waals surface area (Å²) in [7, 11) is 0. The van der Waals surface area contributed by atoms with E-state index in [2.05, 4.69) is 10.6 Å². The summed E-state index contributed by atoms with van der Waals surface area (Å²) in [6.45, 7) is 3.30. The molecule has 0 aromatic heterocycles. The molecule has 0 atom stereocenters. The fraction of sp³-hybridized carbons (Fsp3) is 0.160. The molecule has 0 bridgehead atoms. The Kier molecular flexibility index (Phi) is 5.72. The number of hydrogen-bond donors (Lipinski definition) is 2. The van der Waals surface area contributed by atoms with Crippen LogP contribution < -0.4 is 10.6 Å². The van der Waals surface area contributed by atoms with Crippen molar-refractivity contribution in [3.63, 3.8) is 0 Å². The molecular formula is C25H22ClN3O3. The van der Waals surface area contributed by atoms with Crippen LogP contribution in [0.1, 0.15) is 22.3 Å². The molecule has 7 heteroatoms. The first-order valence-electron chi connectivity index (χ1n) is 10.1. The van der Waals surface area contributed by atoms with E-state index in [1.165, 1.54) is 0 Å². The van der Waals surface area contributed by atoms with Crippen molar-refractivity contribution in [2.75, 3.05) is 11.9 Å². The summed E-state index contributed by atoms with van der Waals surface area (Å²) in [5.74, 6) is -1.03. The normalized spacial score (nSPS) is 14.9. The lowest BCUT2D eigenvalue weighted by Gasteiger charge is -2.28. The first-order valence-corrected chi connectivity index (χ1v) is 10.5. The van der Waals surface area contributed by atoms with Crippen LogP contribution in [0.15, 0.2) is 72.8 Å². The SMILES string of the molecule is Cc1cc(C)c(NC(=O)CN2C(=O)NC(c3ccccc3)(c3ccccc3)C2=O)c(Cl)c1. The standard InChI is InChI=1S/C25H22ClN3O3/c1-16-13-17(2)22(20(26)14-16)27-21(30)15-29-23(31)25(28-24(29)32,18-9-5-3-6-10-18)19-11-7-4-8-12-19/h3-14H,15H2,1-2H3,(H,27,30)(H,28,32). The summed E-state index contributed by atoms with van der Waals surface area (Å²) >= 11 is 6.28. The van der Waals surface area contributed by atoms with Crippen molar-refractivity contribution < 1.29 is 14.4 Å². The lowest BCUT2D eigenvalue weighted by Crippen LogP contribution is -2.45. The van der Waals surface area contributed by atoms with Crippen LogP contribution in [0.25, 0.3) is 0 Å². The van der Waals surface area contributed by atoms with Crippen molar-refractivity contribution in [2.24, 2.45) is 0 Å². The van der Waals surface area contributed by atoms with Crippen molar-refractivity contribution in [2.45, 2.75) is 19.4 Å². The molecule has 32 heavy (non-hydrogen) atoms. The molecule has 3 aromatic carbocycles. The molecular weight excluding hydrogens is 426 g/mol. The minimum atomic E-state index is -1.41. The van der Waals surface area contributed by atoms with Gasteiger partial charge in [-0.15, -0.1) is 0 Å². The number of benzene rings is 3. The van der Waals surface area contributed by atoms with E-state index in [1.807, 2.05) is 32.0 Å². The van der Waals surface area contributed by atoms with E-state index in [0.29, 0.717) is 21.8 Å². The predicted octanol–water partition coefficient (Wildman–Crippen LogP) is 4.39. The molecule has 0 aliphatic carbocycles. The zero-order chi connectivity index (χ0) is 22.9. The van der Waals surface area contributed by atoms with Crippen molar-refractivity contribution in [3.8, 4) is 0 Å². The minimum Gasteiger partial charge on any atom is -0.323 e. The molecule has 1 fully saturated rings. The Morgan fingerprint density at radius 3 is 2.06 bits per heavy atom. The van der Waals surface area contributed by atoms with Gasteiger partial charge in [0.05, 0.1) is 10.7 Å². The molecule has 4 rings (SSSR count). The third-order valence-corrected chi connectivity index (χ3v) is 5.82. The molecule has 0 spiro atoms. The number of urea groups is 1. The highest BCUT2D eigenvalue weighted by Gasteiger charge is 2.54. The summed E-state index contributed by atoms with van der Waals surface area (Å²) in [6.07, 6.45) is 0. The molecule has 1 aliphatic heterocycles. The van der Waals surface area contributed by atoms with Crippen molar-refractivity contribution in [1.29, 1.82) is 0 Å². The van der Waals surface area contributed by atoms with Crippen molar-refractivity contribution in [3.05, 3.63) is 100 Å². The molecule has 1 aliphatic rings. The van der Waals surface area contributed by atoms with Gasteiger partial charge in [0, 0.05) is 0 Å². The number of nitrogens with zero attached hydrogens (tertiary/aromatic N) is 1. The number of hydrogen-bond acceptors (Lipinski definition) is 3. The average Bonchev–Trinajstić information content (AvgIpc) is 3.03. The van der Waals surface area contributed by atoms with Crippen LogP contribution in [0, 0.1) is 13.8 Å². The highest BCUT2D eigenvalue weighted by atomic mass is 35.5. The quantitative estimate of drug-likeness (QED) is 0.569. The number of carbonyl (C=O) groups excluding carboxylic acids is 3. The Labute approximate surface area is 191 Å². The van der Waals surface area contributed by atoms with Crippen LogP contribution in [-0.4, -0.2) is 29.3 Å². The predicted molar refractivity (Wildman–Crippen MR) is 123 cm³/mol. The van der Waals surface area contributed by atoms with Crippen LogP contribution >= 0.6 is 11.6 Å². The van der Waals surface area contributed by atoms with Gasteiger partial charge in [0.25, 0.3) is 5.91 Å². The maximum absolute atomic E-state index is 13.6. The number of halogens is 1. The highest BCUT2D eigenvalue weighted by molar-refractivity contribution is 6.34. The van der Waals surface area contributed by atoms with Gasteiger partial charge in [-0.25, -0.2) is 4.79 Å². The smallest absolute Gasteiger partial charge is 0.323 e. The first kappa shape index (κ1) is 21.6. The van der Waals surface area contributed by atoms with Crippen LogP contribution in [0.5, 0.6) is 0 Å². The van der Waals surface area contributed by atoms with Gasteiger partial charge in [-0.1, -0.05) is 78.3 Å². The van der Waals surface area contributed by atoms with Crippen molar-refractivity contribution in [1.82, 2.24) is 10.2 Å². The highest BCUT2D eigenvalue weighted by Crippen LogP contribution is 2.36. The van der Waals surface area contributed by atoms with Crippen molar-refractivity contribution >= 4 is 35.1 Å². The Morgan fingerprint density at radius 1 is 0.969 bits per heavy atom. The largest absolute Gasteiger partial charge is 0.326 e. The van der Waals surface area contributed by atoms with Gasteiger partial charge in [-0.05, 0) is 42.2 Å². The second-order valence-corrected chi connectivity index (χ2v) is 8.20. The van der Waals surface area contributed by atoms with Gasteiger partial charge in [0.1, 0.15) is 6.54 Å². The molecule has 2 N–H and O–H groups in total. The first-order chi connectivity index (χ1) is 15.3. The maximum atomic E-state index is 13.6. The Morgan fingerprint density at radius 2 is 1.53 bits per heavy atom. The summed E-state index contributed by atoms with van der Waals surface area (Å²) in [4.78, 5) is 40.3. The van der Waals surface area contributed by atoms with E-state index in [1.54, 1.807) is 54.6 Å². The molecule has 0 radical (unpaired) electrons. The third kappa shape index (κ3) is 3.74. The molecule has 0 unspecified atom stereocenters. The molecule has 0 saturated carbocycles. The van der Waals surface area contributed by atoms with E-state index >= 15 is 0 Å². The lowest BCUT2D eigenvalue weighted by molar-refractivity contribution is -0.133. The van der Waals surface area contributed by atoms with E-state index in [0.717, 1.165) is 16.0 Å². The summed E-state index contributed by atoms with van der Waals surface area (Å²) in [5, 5.41) is 5.97. The van der Waals surface area contributed by atoms with Gasteiger partial charge >= 0.3 is 6.03 Å². The Balaban J connectivity index is 1.65. The number of imide groups is 1. The number of carbonyl (C=O) groups is 3. The number of nitrogens with one attached hydrogen (secondary N) is 2. The number of rotatable bonds is 5. The molecule has 1 heterocycles. The maximum Gasteiger partial charge on any atom is 0.326 e. The van der Waals surface area contributed by atoms with E-state index < -0.39 is 29.9 Å². The molecule has 162 valence electrons. The second-order valence-electron chi connectivity index (χ2n) is 7.79. The molecule has 4 amide bonds. The second kappa shape index (κ2) is 8.48. The monoisotopic (exact) mass is 447 g/mol. The third-order valence-electron chi connectivity index (χ3n) is 5.52. The summed E-state index contributed by atoms with van der Waals surface area (Å²) in [6, 6.07) is 21.0. The number of anilines is 1. The molecule has 1 saturated heterocycles. The Hall–Kier alpha value is -3.64. The fourth-order valence-corrected chi connectivity index (χ4v) is 4.42. The summed E-state index contributed by atoms with van der Waals surface area (Å²) in [5.41, 5.74) is 2.05. The topological polar surface area (TPSA) is 78.5 Å². The van der Waals surface area contributed by atoms with E-state index in [-0.39, 0.29) is 0 Å². The minimum absolute atomic E-state index is 0.399. The average molecular weight is 448 g/mol. The molecule has 6 nitrogen and oxygen atoms in total. The molecule has 3 aromatic rings. The zero-order valence-electron chi connectivity index (χ0n) is 17.7. The number of aryl methyl sites for hydroxylation is 2. The number of amides is 4. The van der Waals surface area contributed by atoms with Gasteiger partial charge in [0.15, 0.2) is 5.54 Å². The van der Waals surface area contributed by atoms with Crippen LogP contribution in [-0.2, 0) is 15.1 Å². The van der Waals surface area contributed by atoms with Crippen LogP contribution in [0.3, 0.4) is 0 Å².